The van der Waals surface area contributed by atoms with Crippen LogP contribution in [-0.2, 0) is 9.53 Å². The zero-order valence-corrected chi connectivity index (χ0v) is 12.5. The molecule has 19 heavy (non-hydrogen) atoms. The molecule has 2 fully saturated rings. The van der Waals surface area contributed by atoms with E-state index in [4.69, 9.17) is 4.74 Å². The lowest BCUT2D eigenvalue weighted by atomic mass is 9.82. The first kappa shape index (κ1) is 14.8. The van der Waals surface area contributed by atoms with E-state index in [2.05, 4.69) is 19.2 Å². The van der Waals surface area contributed by atoms with Crippen molar-refractivity contribution in [1.29, 1.82) is 0 Å². The predicted octanol–water partition coefficient (Wildman–Crippen LogP) is 3.28. The van der Waals surface area contributed by atoms with Crippen LogP contribution < -0.4 is 5.32 Å². The summed E-state index contributed by atoms with van der Waals surface area (Å²) in [5, 5.41) is 3.34. The summed E-state index contributed by atoms with van der Waals surface area (Å²) < 4.78 is 5.88. The number of carbonyl (C=O) groups is 1. The first-order chi connectivity index (χ1) is 9.20. The predicted molar refractivity (Wildman–Crippen MR) is 77.0 cm³/mol. The van der Waals surface area contributed by atoms with Crippen LogP contribution in [0.2, 0.25) is 0 Å². The molecule has 0 aromatic rings. The van der Waals surface area contributed by atoms with Crippen molar-refractivity contribution in [1.82, 2.24) is 5.32 Å². The highest BCUT2D eigenvalue weighted by Crippen LogP contribution is 2.35. The van der Waals surface area contributed by atoms with Crippen LogP contribution in [0, 0.1) is 11.3 Å². The molecule has 2 aliphatic rings. The molecule has 3 heteroatoms. The van der Waals surface area contributed by atoms with Gasteiger partial charge in [0.2, 0.25) is 0 Å². The average Bonchev–Trinajstić information content (AvgIpc) is 2.89. The largest absolute Gasteiger partial charge is 0.462 e. The van der Waals surface area contributed by atoms with Gasteiger partial charge in [-0.1, -0.05) is 33.1 Å². The average molecular weight is 267 g/mol. The van der Waals surface area contributed by atoms with E-state index in [1.807, 2.05) is 0 Å². The van der Waals surface area contributed by atoms with Gasteiger partial charge in [-0.2, -0.15) is 0 Å². The number of hydrogen-bond acceptors (Lipinski definition) is 3. The maximum Gasteiger partial charge on any atom is 0.313 e. The highest BCUT2D eigenvalue weighted by molar-refractivity contribution is 5.77. The number of rotatable bonds is 5. The first-order valence-corrected chi connectivity index (χ1v) is 8.12. The molecule has 3 unspecified atom stereocenters. The van der Waals surface area contributed by atoms with Crippen molar-refractivity contribution in [3.05, 3.63) is 0 Å². The lowest BCUT2D eigenvalue weighted by Crippen LogP contribution is -2.38. The minimum atomic E-state index is -0.228. The normalized spacial score (nSPS) is 35.3. The molecule has 1 aliphatic carbocycles. The maximum atomic E-state index is 12.6. The lowest BCUT2D eigenvalue weighted by molar-refractivity contribution is -0.163. The molecule has 110 valence electrons. The lowest BCUT2D eigenvalue weighted by Gasteiger charge is -2.32. The Kier molecular flexibility index (Phi) is 5.26. The molecule has 0 aromatic heterocycles. The third kappa shape index (κ3) is 3.50. The standard InChI is InChI=1S/C16H29NO2/c1-3-8-16(9-10-17-12-16)15(18)19-14-7-5-6-13(4-2)11-14/h13-14,17H,3-12H2,1-2H3. The third-order valence-electron chi connectivity index (χ3n) is 4.99. The summed E-state index contributed by atoms with van der Waals surface area (Å²) >= 11 is 0. The summed E-state index contributed by atoms with van der Waals surface area (Å²) in [4.78, 5) is 12.6. The highest BCUT2D eigenvalue weighted by Gasteiger charge is 2.43. The Hall–Kier alpha value is -0.570. The minimum Gasteiger partial charge on any atom is -0.462 e. The van der Waals surface area contributed by atoms with Crippen LogP contribution in [0.1, 0.15) is 65.2 Å². The zero-order valence-electron chi connectivity index (χ0n) is 12.5. The first-order valence-electron chi connectivity index (χ1n) is 8.12. The molecule has 0 aromatic carbocycles. The van der Waals surface area contributed by atoms with Gasteiger partial charge >= 0.3 is 5.97 Å². The van der Waals surface area contributed by atoms with Crippen molar-refractivity contribution in [2.75, 3.05) is 13.1 Å². The number of hydrogen-bond donors (Lipinski definition) is 1. The highest BCUT2D eigenvalue weighted by atomic mass is 16.5. The van der Waals surface area contributed by atoms with E-state index in [9.17, 15) is 4.79 Å². The molecule has 1 saturated heterocycles. The van der Waals surface area contributed by atoms with Gasteiger partial charge in [0.25, 0.3) is 0 Å². The van der Waals surface area contributed by atoms with E-state index >= 15 is 0 Å². The fraction of sp³-hybridized carbons (Fsp3) is 0.938. The van der Waals surface area contributed by atoms with Crippen LogP contribution in [0.4, 0.5) is 0 Å². The van der Waals surface area contributed by atoms with Gasteiger partial charge in [0, 0.05) is 6.54 Å². The number of esters is 1. The van der Waals surface area contributed by atoms with Crippen molar-refractivity contribution < 1.29 is 9.53 Å². The summed E-state index contributed by atoms with van der Waals surface area (Å²) in [5.74, 6) is 0.830. The fourth-order valence-corrected chi connectivity index (χ4v) is 3.71. The summed E-state index contributed by atoms with van der Waals surface area (Å²) in [6, 6.07) is 0. The molecule has 0 radical (unpaired) electrons. The SMILES string of the molecule is CCCC1(C(=O)OC2CCCC(CC)C2)CCNC1. The summed E-state index contributed by atoms with van der Waals surface area (Å²) in [6.07, 6.45) is 9.04. The topological polar surface area (TPSA) is 38.3 Å². The number of nitrogens with one attached hydrogen (secondary N) is 1. The number of ether oxygens (including phenoxy) is 1. The van der Waals surface area contributed by atoms with Crippen LogP contribution in [0.15, 0.2) is 0 Å². The Balaban J connectivity index is 1.91. The molecule has 0 amide bonds. The second kappa shape index (κ2) is 6.74. The van der Waals surface area contributed by atoms with Gasteiger partial charge in [-0.15, -0.1) is 0 Å². The van der Waals surface area contributed by atoms with Gasteiger partial charge in [-0.3, -0.25) is 4.79 Å². The molecule has 0 bridgehead atoms. The van der Waals surface area contributed by atoms with Crippen LogP contribution in [-0.4, -0.2) is 25.2 Å². The van der Waals surface area contributed by atoms with Gasteiger partial charge in [0.05, 0.1) is 5.41 Å². The molecule has 3 nitrogen and oxygen atoms in total. The molecule has 1 N–H and O–H groups in total. The van der Waals surface area contributed by atoms with Gasteiger partial charge in [-0.05, 0) is 44.6 Å². The Morgan fingerprint density at radius 1 is 1.37 bits per heavy atom. The molecule has 3 atom stereocenters. The van der Waals surface area contributed by atoms with Gasteiger partial charge in [0.1, 0.15) is 6.10 Å². The van der Waals surface area contributed by atoms with E-state index in [0.29, 0.717) is 0 Å². The monoisotopic (exact) mass is 267 g/mol. The van der Waals surface area contributed by atoms with E-state index in [1.165, 1.54) is 19.3 Å². The Bertz CT molecular complexity index is 297. The summed E-state index contributed by atoms with van der Waals surface area (Å²) in [7, 11) is 0. The molecule has 1 aliphatic heterocycles. The van der Waals surface area contributed by atoms with E-state index in [0.717, 1.165) is 51.1 Å². The van der Waals surface area contributed by atoms with Crippen LogP contribution >= 0.6 is 0 Å². The Labute approximate surface area is 117 Å². The molecule has 2 rings (SSSR count). The Morgan fingerprint density at radius 3 is 2.84 bits per heavy atom. The number of carbonyl (C=O) groups excluding carboxylic acids is 1. The Morgan fingerprint density at radius 2 is 2.21 bits per heavy atom. The summed E-state index contributed by atoms with van der Waals surface area (Å²) in [6.45, 7) is 6.16. The van der Waals surface area contributed by atoms with Crippen molar-refractivity contribution in [3.8, 4) is 0 Å². The second-order valence-electron chi connectivity index (χ2n) is 6.43. The van der Waals surface area contributed by atoms with Crippen LogP contribution in [0.25, 0.3) is 0 Å². The van der Waals surface area contributed by atoms with E-state index in [-0.39, 0.29) is 17.5 Å². The van der Waals surface area contributed by atoms with Gasteiger partial charge in [-0.25, -0.2) is 0 Å². The van der Waals surface area contributed by atoms with Crippen LogP contribution in [0.3, 0.4) is 0 Å². The fourth-order valence-electron chi connectivity index (χ4n) is 3.71. The molecule has 1 heterocycles. The van der Waals surface area contributed by atoms with Crippen molar-refractivity contribution >= 4 is 5.97 Å². The molecule has 0 spiro atoms. The second-order valence-corrected chi connectivity index (χ2v) is 6.43. The van der Waals surface area contributed by atoms with Crippen molar-refractivity contribution in [2.45, 2.75) is 71.3 Å². The zero-order chi connectivity index (χ0) is 13.7. The summed E-state index contributed by atoms with van der Waals surface area (Å²) in [5.41, 5.74) is -0.228. The van der Waals surface area contributed by atoms with Gasteiger partial charge < -0.3 is 10.1 Å². The van der Waals surface area contributed by atoms with Crippen molar-refractivity contribution in [2.24, 2.45) is 11.3 Å². The smallest absolute Gasteiger partial charge is 0.313 e. The van der Waals surface area contributed by atoms with E-state index < -0.39 is 0 Å². The van der Waals surface area contributed by atoms with Gasteiger partial charge in [0.15, 0.2) is 0 Å². The molecule has 1 saturated carbocycles. The third-order valence-corrected chi connectivity index (χ3v) is 4.99. The van der Waals surface area contributed by atoms with E-state index in [1.54, 1.807) is 0 Å². The maximum absolute atomic E-state index is 12.6. The van der Waals surface area contributed by atoms with Crippen molar-refractivity contribution in [3.63, 3.8) is 0 Å². The van der Waals surface area contributed by atoms with Crippen LogP contribution in [0.5, 0.6) is 0 Å². The molecular formula is C16H29NO2. The quantitative estimate of drug-likeness (QED) is 0.777. The minimum absolute atomic E-state index is 0.0705. The molecular weight excluding hydrogens is 238 g/mol.